The number of halogens is 2. The highest BCUT2D eigenvalue weighted by molar-refractivity contribution is 14.1. The van der Waals surface area contributed by atoms with E-state index >= 15 is 0 Å². The maximum absolute atomic E-state index is 6.70. The first-order valence-corrected chi connectivity index (χ1v) is 9.73. The molecule has 2 heterocycles. The van der Waals surface area contributed by atoms with Gasteiger partial charge in [0.25, 0.3) is 0 Å². The summed E-state index contributed by atoms with van der Waals surface area (Å²) >= 11 is 4.73. The number of benzene rings is 2. The maximum Gasteiger partial charge on any atom is 0.211 e. The van der Waals surface area contributed by atoms with E-state index < -0.39 is 5.72 Å². The minimum Gasteiger partial charge on any atom is -0.462 e. The van der Waals surface area contributed by atoms with Crippen molar-refractivity contribution in [3.8, 4) is 5.75 Å². The van der Waals surface area contributed by atoms with E-state index in [-0.39, 0.29) is 5.41 Å². The highest BCUT2D eigenvalue weighted by Gasteiger charge is 2.57. The molecule has 0 amide bonds. The largest absolute Gasteiger partial charge is 0.462 e. The summed E-state index contributed by atoms with van der Waals surface area (Å²) in [5.41, 5.74) is 3.10. The minimum atomic E-state index is -0.490. The van der Waals surface area contributed by atoms with Crippen molar-refractivity contribution in [3.05, 3.63) is 60.7 Å². The van der Waals surface area contributed by atoms with E-state index in [4.69, 9.17) is 4.74 Å². The summed E-state index contributed by atoms with van der Waals surface area (Å²) in [6.45, 7) is 4.54. The summed E-state index contributed by atoms with van der Waals surface area (Å²) in [4.78, 5) is 2.27. The predicted octanol–water partition coefficient (Wildman–Crippen LogP) is 5.43. The van der Waals surface area contributed by atoms with Crippen LogP contribution in [-0.2, 0) is 5.41 Å². The van der Waals surface area contributed by atoms with Crippen LogP contribution in [0.2, 0.25) is 0 Å². The van der Waals surface area contributed by atoms with Crippen molar-refractivity contribution < 1.29 is 4.74 Å². The number of hydrogen-bond donors (Lipinski definition) is 0. The summed E-state index contributed by atoms with van der Waals surface area (Å²) in [7, 11) is 2.13. The van der Waals surface area contributed by atoms with Gasteiger partial charge < -0.3 is 9.64 Å². The van der Waals surface area contributed by atoms with Crippen LogP contribution in [0.5, 0.6) is 5.75 Å². The van der Waals surface area contributed by atoms with E-state index in [1.807, 2.05) is 0 Å². The molecule has 118 valence electrons. The van der Waals surface area contributed by atoms with Crippen molar-refractivity contribution in [1.29, 1.82) is 0 Å². The zero-order valence-electron chi connectivity index (χ0n) is 13.2. The molecule has 1 atom stereocenters. The Morgan fingerprint density at radius 1 is 1.09 bits per heavy atom. The summed E-state index contributed by atoms with van der Waals surface area (Å²) in [5.74, 6) is 0.987. The fraction of sp³-hybridized carbons (Fsp3) is 0.263. The Labute approximate surface area is 164 Å². The molecule has 0 aromatic heterocycles. The number of para-hydroxylation sites is 1. The molecule has 1 spiro atoms. The van der Waals surface area contributed by atoms with Crippen LogP contribution in [-0.4, -0.2) is 12.8 Å². The van der Waals surface area contributed by atoms with Gasteiger partial charge in [-0.2, -0.15) is 0 Å². The van der Waals surface area contributed by atoms with E-state index in [2.05, 4.69) is 120 Å². The van der Waals surface area contributed by atoms with Gasteiger partial charge in [0.1, 0.15) is 5.75 Å². The Morgan fingerprint density at radius 3 is 2.57 bits per heavy atom. The summed E-state index contributed by atoms with van der Waals surface area (Å²) in [6.07, 6.45) is 4.44. The van der Waals surface area contributed by atoms with E-state index in [1.54, 1.807) is 0 Å². The molecule has 0 saturated heterocycles. The van der Waals surface area contributed by atoms with Crippen LogP contribution < -0.4 is 9.64 Å². The van der Waals surface area contributed by atoms with Crippen LogP contribution in [0.3, 0.4) is 0 Å². The van der Waals surface area contributed by atoms with Gasteiger partial charge in [0.05, 0.1) is 8.99 Å². The van der Waals surface area contributed by atoms with Gasteiger partial charge in [0.2, 0.25) is 5.72 Å². The van der Waals surface area contributed by atoms with Gasteiger partial charge in [-0.05, 0) is 94.9 Å². The topological polar surface area (TPSA) is 12.5 Å². The van der Waals surface area contributed by atoms with Crippen LogP contribution in [0.4, 0.5) is 5.69 Å². The highest BCUT2D eigenvalue weighted by Crippen LogP contribution is 2.54. The number of anilines is 1. The average molecular weight is 529 g/mol. The van der Waals surface area contributed by atoms with Crippen LogP contribution in [0.15, 0.2) is 42.5 Å². The van der Waals surface area contributed by atoms with Gasteiger partial charge in [-0.15, -0.1) is 0 Å². The Hall–Kier alpha value is -0.760. The van der Waals surface area contributed by atoms with Gasteiger partial charge in [-0.25, -0.2) is 0 Å². The molecule has 0 radical (unpaired) electrons. The van der Waals surface area contributed by atoms with Crippen molar-refractivity contribution in [1.82, 2.24) is 0 Å². The maximum atomic E-state index is 6.70. The lowest BCUT2D eigenvalue weighted by atomic mass is 9.76. The van der Waals surface area contributed by atoms with E-state index in [1.165, 1.54) is 14.8 Å². The van der Waals surface area contributed by atoms with Crippen molar-refractivity contribution in [2.24, 2.45) is 0 Å². The smallest absolute Gasteiger partial charge is 0.211 e. The molecule has 23 heavy (non-hydrogen) atoms. The molecule has 0 saturated carbocycles. The molecular weight excluding hydrogens is 512 g/mol. The molecule has 2 aromatic carbocycles. The molecule has 0 N–H and O–H groups in total. The van der Waals surface area contributed by atoms with Gasteiger partial charge in [0, 0.05) is 21.9 Å². The molecule has 2 aliphatic heterocycles. The van der Waals surface area contributed by atoms with Crippen LogP contribution >= 0.6 is 45.2 Å². The summed E-state index contributed by atoms with van der Waals surface area (Å²) in [5, 5.41) is 0. The Morgan fingerprint density at radius 2 is 1.83 bits per heavy atom. The lowest BCUT2D eigenvalue weighted by molar-refractivity contribution is 0.0572. The monoisotopic (exact) mass is 529 g/mol. The second-order valence-electron chi connectivity index (χ2n) is 6.64. The third-order valence-electron chi connectivity index (χ3n) is 5.12. The molecular formula is C19H17I2NO. The summed E-state index contributed by atoms with van der Waals surface area (Å²) < 4.78 is 9.10. The number of likely N-dealkylation sites (N-methyl/N-ethyl adjacent to an activating group) is 1. The van der Waals surface area contributed by atoms with Crippen LogP contribution in [0.25, 0.3) is 6.08 Å². The second-order valence-corrected chi connectivity index (χ2v) is 9.05. The molecule has 0 fully saturated rings. The molecule has 0 unspecified atom stereocenters. The molecule has 0 bridgehead atoms. The normalized spacial score (nSPS) is 23.6. The Balaban J connectivity index is 1.92. The Bertz CT molecular complexity index is 843. The number of nitrogens with zero attached hydrogens (tertiary/aromatic N) is 1. The van der Waals surface area contributed by atoms with Gasteiger partial charge in [-0.1, -0.05) is 18.2 Å². The molecule has 0 aliphatic carbocycles. The first-order chi connectivity index (χ1) is 10.9. The van der Waals surface area contributed by atoms with E-state index in [0.717, 1.165) is 14.9 Å². The van der Waals surface area contributed by atoms with E-state index in [9.17, 15) is 0 Å². The average Bonchev–Trinajstić information content (AvgIpc) is 2.68. The van der Waals surface area contributed by atoms with Crippen molar-refractivity contribution in [3.63, 3.8) is 0 Å². The van der Waals surface area contributed by atoms with Gasteiger partial charge in [0.15, 0.2) is 0 Å². The zero-order valence-corrected chi connectivity index (χ0v) is 17.5. The SMILES string of the molecule is CN1c2ccccc2C(C)(C)[C@]12C=Cc1cc(I)cc(I)c1O2. The molecule has 4 heteroatoms. The highest BCUT2D eigenvalue weighted by atomic mass is 127. The first-order valence-electron chi connectivity index (χ1n) is 7.57. The summed E-state index contributed by atoms with van der Waals surface area (Å²) in [6, 6.07) is 12.9. The fourth-order valence-electron chi connectivity index (χ4n) is 3.81. The van der Waals surface area contributed by atoms with E-state index in [0.29, 0.717) is 0 Å². The number of rotatable bonds is 0. The quantitative estimate of drug-likeness (QED) is 0.423. The Kier molecular flexibility index (Phi) is 3.50. The predicted molar refractivity (Wildman–Crippen MR) is 112 cm³/mol. The lowest BCUT2D eigenvalue weighted by Gasteiger charge is -2.46. The number of ether oxygens (including phenoxy) is 1. The standard InChI is InChI=1S/C19H17I2NO/c1-18(2)14-6-4-5-7-16(14)22(3)19(18)9-8-12-10-13(20)11-15(21)17(12)23-19/h4-11H,1-3H3/t19-/m1/s1. The van der Waals surface area contributed by atoms with Crippen LogP contribution in [0, 0.1) is 7.14 Å². The second kappa shape index (κ2) is 5.12. The lowest BCUT2D eigenvalue weighted by Crippen LogP contribution is -2.58. The minimum absolute atomic E-state index is 0.140. The number of fused-ring (bicyclic) bond motifs is 2. The number of hydrogen-bond acceptors (Lipinski definition) is 2. The zero-order chi connectivity index (χ0) is 16.4. The molecule has 4 rings (SSSR count). The van der Waals surface area contributed by atoms with Gasteiger partial charge >= 0.3 is 0 Å². The first kappa shape index (κ1) is 15.7. The third kappa shape index (κ3) is 2.03. The van der Waals surface area contributed by atoms with Gasteiger partial charge in [-0.3, -0.25) is 0 Å². The molecule has 2 aliphatic rings. The van der Waals surface area contributed by atoms with Crippen LogP contribution in [0.1, 0.15) is 25.0 Å². The third-order valence-corrected chi connectivity index (χ3v) is 6.54. The van der Waals surface area contributed by atoms with Crippen molar-refractivity contribution in [2.75, 3.05) is 11.9 Å². The fourth-order valence-corrected chi connectivity index (χ4v) is 5.81. The molecule has 2 aromatic rings. The van der Waals surface area contributed by atoms with Crippen molar-refractivity contribution >= 4 is 56.9 Å². The molecule has 2 nitrogen and oxygen atoms in total. The van der Waals surface area contributed by atoms with Crippen molar-refractivity contribution in [2.45, 2.75) is 25.0 Å².